The number of ether oxygens (including phenoxy) is 1. The predicted octanol–water partition coefficient (Wildman–Crippen LogP) is 5.63. The highest BCUT2D eigenvalue weighted by Crippen LogP contribution is 2.45. The van der Waals surface area contributed by atoms with E-state index in [9.17, 15) is 9.90 Å². The van der Waals surface area contributed by atoms with E-state index in [1.54, 1.807) is 6.07 Å². The fourth-order valence-corrected chi connectivity index (χ4v) is 6.51. The Hall–Kier alpha value is -2.09. The van der Waals surface area contributed by atoms with Crippen LogP contribution in [0.4, 0.5) is 5.82 Å². The van der Waals surface area contributed by atoms with Gasteiger partial charge in [-0.3, -0.25) is 4.79 Å². The summed E-state index contributed by atoms with van der Waals surface area (Å²) in [5.41, 5.74) is 1.08. The minimum atomic E-state index is -0.657. The highest BCUT2D eigenvalue weighted by atomic mass is 35.5. The molecule has 3 heterocycles. The average molecular weight is 534 g/mol. The number of rotatable bonds is 7. The first-order valence-corrected chi connectivity index (χ1v) is 13.6. The highest BCUT2D eigenvalue weighted by Gasteiger charge is 2.49. The molecular weight excluding hydrogens is 499 g/mol. The van der Waals surface area contributed by atoms with Crippen LogP contribution >= 0.6 is 23.2 Å². The van der Waals surface area contributed by atoms with Gasteiger partial charge >= 0.3 is 5.97 Å². The molecule has 2 saturated heterocycles. The number of nitrogens with zero attached hydrogens (tertiary/aromatic N) is 4. The summed E-state index contributed by atoms with van der Waals surface area (Å²) in [7, 11) is 0. The Bertz CT molecular complexity index is 1130. The molecule has 0 radical (unpaired) electrons. The second-order valence-electron chi connectivity index (χ2n) is 11.1. The summed E-state index contributed by atoms with van der Waals surface area (Å²) in [6.45, 7) is 9.83. The van der Waals surface area contributed by atoms with E-state index < -0.39 is 11.4 Å². The number of halogens is 2. The lowest BCUT2D eigenvalue weighted by molar-refractivity contribution is -0.158. The van der Waals surface area contributed by atoms with Crippen molar-refractivity contribution in [1.29, 1.82) is 0 Å². The quantitative estimate of drug-likeness (QED) is 0.494. The molecule has 0 bridgehead atoms. The topological polar surface area (TPSA) is 78.8 Å². The molecule has 1 aromatic carbocycles. The number of aliphatic carboxylic acids is 1. The molecule has 0 amide bonds. The molecule has 2 atom stereocenters. The molecule has 5 rings (SSSR count). The number of benzene rings is 1. The van der Waals surface area contributed by atoms with Gasteiger partial charge in [0.25, 0.3) is 0 Å². The Morgan fingerprint density at radius 3 is 2.61 bits per heavy atom. The van der Waals surface area contributed by atoms with Crippen molar-refractivity contribution in [3.05, 3.63) is 45.6 Å². The normalized spacial score (nSPS) is 27.8. The van der Waals surface area contributed by atoms with Crippen LogP contribution in [0.15, 0.2) is 24.3 Å². The van der Waals surface area contributed by atoms with Crippen molar-refractivity contribution in [3.8, 4) is 5.75 Å². The monoisotopic (exact) mass is 532 g/mol. The zero-order valence-corrected chi connectivity index (χ0v) is 22.6. The molecular formula is C27H34Cl2N4O3. The van der Waals surface area contributed by atoms with Crippen LogP contribution in [-0.4, -0.2) is 58.4 Å². The minimum absolute atomic E-state index is 0.252. The molecule has 3 fully saturated rings. The van der Waals surface area contributed by atoms with Gasteiger partial charge in [-0.15, -0.1) is 10.2 Å². The van der Waals surface area contributed by atoms with E-state index in [-0.39, 0.29) is 6.10 Å². The summed E-state index contributed by atoms with van der Waals surface area (Å²) in [5, 5.41) is 19.4. The number of aromatic nitrogens is 2. The lowest BCUT2D eigenvalue weighted by Gasteiger charge is -2.52. The maximum atomic E-state index is 11.5. The summed E-state index contributed by atoms with van der Waals surface area (Å²) in [4.78, 5) is 16.3. The van der Waals surface area contributed by atoms with Crippen molar-refractivity contribution in [3.63, 3.8) is 0 Å². The Morgan fingerprint density at radius 2 is 1.92 bits per heavy atom. The summed E-state index contributed by atoms with van der Waals surface area (Å²) in [6.07, 6.45) is 3.72. The van der Waals surface area contributed by atoms with Gasteiger partial charge in [0.15, 0.2) is 5.82 Å². The van der Waals surface area contributed by atoms with Crippen molar-refractivity contribution in [2.24, 2.45) is 17.3 Å². The van der Waals surface area contributed by atoms with Gasteiger partial charge < -0.3 is 19.6 Å². The van der Waals surface area contributed by atoms with Crippen molar-refractivity contribution >= 4 is 35.0 Å². The Balaban J connectivity index is 1.17. The van der Waals surface area contributed by atoms with Crippen molar-refractivity contribution < 1.29 is 14.6 Å². The number of hydrogen-bond acceptors (Lipinski definition) is 6. The second-order valence-corrected chi connectivity index (χ2v) is 11.9. The van der Waals surface area contributed by atoms with Crippen LogP contribution in [0.1, 0.15) is 56.9 Å². The molecule has 1 N–H and O–H groups in total. The van der Waals surface area contributed by atoms with Gasteiger partial charge in [0.2, 0.25) is 0 Å². The van der Waals surface area contributed by atoms with Gasteiger partial charge in [-0.25, -0.2) is 0 Å². The van der Waals surface area contributed by atoms with Crippen LogP contribution in [0.2, 0.25) is 10.0 Å². The van der Waals surface area contributed by atoms with Crippen LogP contribution in [0, 0.1) is 24.2 Å². The minimum Gasteiger partial charge on any atom is -0.484 e. The van der Waals surface area contributed by atoms with Gasteiger partial charge in [-0.05, 0) is 77.0 Å². The fraction of sp³-hybridized carbons (Fsp3) is 0.593. The summed E-state index contributed by atoms with van der Waals surface area (Å²) in [6, 6.07) is 7.83. The lowest BCUT2D eigenvalue weighted by Crippen LogP contribution is -2.58. The van der Waals surface area contributed by atoms with Gasteiger partial charge in [0, 0.05) is 47.4 Å². The van der Waals surface area contributed by atoms with Crippen LogP contribution in [0.5, 0.6) is 5.75 Å². The zero-order valence-electron chi connectivity index (χ0n) is 21.1. The van der Waals surface area contributed by atoms with Gasteiger partial charge in [0.1, 0.15) is 17.5 Å². The van der Waals surface area contributed by atoms with E-state index in [0.717, 1.165) is 56.1 Å². The summed E-state index contributed by atoms with van der Waals surface area (Å²) >= 11 is 12.4. The SMILES string of the molecule is Cc1nnc(N2CC([C@H]3CCCN(C4CC(C)(C(=O)O)C4)C3)C2)cc1O[C@H](C)c1ccc(Cl)cc1Cl. The van der Waals surface area contributed by atoms with Crippen LogP contribution in [0.3, 0.4) is 0 Å². The zero-order chi connectivity index (χ0) is 25.6. The van der Waals surface area contributed by atoms with Crippen molar-refractivity contribution in [1.82, 2.24) is 15.1 Å². The van der Waals surface area contributed by atoms with Crippen molar-refractivity contribution in [2.75, 3.05) is 31.1 Å². The molecule has 1 saturated carbocycles. The molecule has 1 aromatic heterocycles. The molecule has 0 spiro atoms. The third kappa shape index (κ3) is 5.02. The molecule has 3 aliphatic rings. The van der Waals surface area contributed by atoms with Gasteiger partial charge in [-0.1, -0.05) is 29.3 Å². The maximum Gasteiger partial charge on any atom is 0.309 e. The van der Waals surface area contributed by atoms with Gasteiger partial charge in [-0.2, -0.15) is 0 Å². The van der Waals surface area contributed by atoms with E-state index in [2.05, 4.69) is 20.0 Å². The van der Waals surface area contributed by atoms with Gasteiger partial charge in [0.05, 0.1) is 5.41 Å². The number of carboxylic acids is 1. The molecule has 0 unspecified atom stereocenters. The number of hydrogen-bond donors (Lipinski definition) is 1. The Morgan fingerprint density at radius 1 is 1.17 bits per heavy atom. The van der Waals surface area contributed by atoms with E-state index in [4.69, 9.17) is 27.9 Å². The summed E-state index contributed by atoms with van der Waals surface area (Å²) < 4.78 is 6.24. The summed E-state index contributed by atoms with van der Waals surface area (Å²) in [5.74, 6) is 2.16. The first kappa shape index (κ1) is 25.6. The maximum absolute atomic E-state index is 11.5. The molecule has 36 heavy (non-hydrogen) atoms. The predicted molar refractivity (Wildman–Crippen MR) is 141 cm³/mol. The van der Waals surface area contributed by atoms with Crippen molar-refractivity contribution in [2.45, 2.75) is 58.6 Å². The number of aryl methyl sites for hydroxylation is 1. The number of carbonyl (C=O) groups is 1. The lowest BCUT2D eigenvalue weighted by atomic mass is 9.65. The standard InChI is InChI=1S/C27H34Cl2N4O3/c1-16-24(36-17(2)22-7-6-20(28)9-23(22)29)10-25(31-30-16)33-14-19(15-33)18-5-4-8-32(13-18)21-11-27(3,12-21)26(34)35/h6-7,9-10,17-19,21H,4-5,8,11-15H2,1-3H3,(H,34,35)/t17-,18+,21?,27?/m1/s1. The van der Waals surface area contributed by atoms with Crippen LogP contribution in [0.25, 0.3) is 0 Å². The second kappa shape index (κ2) is 9.99. The van der Waals surface area contributed by atoms with Crippen LogP contribution in [-0.2, 0) is 4.79 Å². The number of piperidine rings is 1. The first-order valence-electron chi connectivity index (χ1n) is 12.8. The number of anilines is 1. The molecule has 7 nitrogen and oxygen atoms in total. The third-order valence-corrected chi connectivity index (χ3v) is 8.98. The molecule has 1 aliphatic carbocycles. The molecule has 194 valence electrons. The largest absolute Gasteiger partial charge is 0.484 e. The Kier molecular flexibility index (Phi) is 7.09. The number of carboxylic acid groups (broad SMARTS) is 1. The van der Waals surface area contributed by atoms with Crippen LogP contribution < -0.4 is 9.64 Å². The molecule has 2 aliphatic heterocycles. The highest BCUT2D eigenvalue weighted by molar-refractivity contribution is 6.35. The smallest absolute Gasteiger partial charge is 0.309 e. The van der Waals surface area contributed by atoms with E-state index in [1.807, 2.05) is 39.0 Å². The molecule has 9 heteroatoms. The van der Waals surface area contributed by atoms with E-state index >= 15 is 0 Å². The number of likely N-dealkylation sites (tertiary alicyclic amines) is 1. The molecule has 2 aromatic rings. The van der Waals surface area contributed by atoms with E-state index in [1.165, 1.54) is 12.8 Å². The average Bonchev–Trinajstić information content (AvgIpc) is 2.78. The fourth-order valence-electron chi connectivity index (χ4n) is 5.95. The first-order chi connectivity index (χ1) is 17.1. The Labute approximate surface area is 222 Å². The van der Waals surface area contributed by atoms with E-state index in [0.29, 0.717) is 33.7 Å². The third-order valence-electron chi connectivity index (χ3n) is 8.42.